The van der Waals surface area contributed by atoms with Crippen LogP contribution in [-0.4, -0.2) is 25.8 Å². The second-order valence-electron chi connectivity index (χ2n) is 4.33. The third-order valence-corrected chi connectivity index (χ3v) is 4.12. The predicted octanol–water partition coefficient (Wildman–Crippen LogP) is 1.49. The number of ketones is 1. The SMILES string of the molecule is CC(Sc1nc(=O)c(=O)[nH]n1C)C(=O)c1ccc(Cl)cc1. The smallest absolute Gasteiger partial charge is 0.293 e. The molecular formula is C13H12ClN3O3S. The molecule has 8 heteroatoms. The number of hydrogen-bond donors (Lipinski definition) is 1. The fourth-order valence-electron chi connectivity index (χ4n) is 1.63. The summed E-state index contributed by atoms with van der Waals surface area (Å²) in [5.74, 6) is -0.114. The van der Waals surface area contributed by atoms with Gasteiger partial charge in [0.05, 0.1) is 5.25 Å². The Morgan fingerprint density at radius 3 is 2.57 bits per heavy atom. The van der Waals surface area contributed by atoms with Gasteiger partial charge in [0.25, 0.3) is 0 Å². The minimum absolute atomic E-state index is 0.114. The molecule has 1 aromatic carbocycles. The summed E-state index contributed by atoms with van der Waals surface area (Å²) in [4.78, 5) is 38.3. The molecule has 6 nitrogen and oxygen atoms in total. The fourth-order valence-corrected chi connectivity index (χ4v) is 2.65. The summed E-state index contributed by atoms with van der Waals surface area (Å²) in [5.41, 5.74) is -1.14. The van der Waals surface area contributed by atoms with E-state index in [-0.39, 0.29) is 10.9 Å². The summed E-state index contributed by atoms with van der Waals surface area (Å²) in [5, 5.41) is 2.70. The number of hydrogen-bond acceptors (Lipinski definition) is 5. The van der Waals surface area contributed by atoms with Crippen LogP contribution in [0.4, 0.5) is 0 Å². The lowest BCUT2D eigenvalue weighted by Gasteiger charge is -2.11. The van der Waals surface area contributed by atoms with Gasteiger partial charge in [-0.2, -0.15) is 4.98 Å². The Hall–Kier alpha value is -1.86. The van der Waals surface area contributed by atoms with E-state index in [1.54, 1.807) is 38.2 Å². The zero-order valence-electron chi connectivity index (χ0n) is 11.3. The lowest BCUT2D eigenvalue weighted by molar-refractivity contribution is 0.0994. The number of carbonyl (C=O) groups excluding carboxylic acids is 1. The number of nitrogens with zero attached hydrogens (tertiary/aromatic N) is 2. The Labute approximate surface area is 129 Å². The highest BCUT2D eigenvalue weighted by Crippen LogP contribution is 2.22. The molecule has 0 saturated carbocycles. The van der Waals surface area contributed by atoms with Crippen molar-refractivity contribution in [3.8, 4) is 0 Å². The number of aryl methyl sites for hydroxylation is 1. The van der Waals surface area contributed by atoms with Gasteiger partial charge in [-0.3, -0.25) is 24.2 Å². The standard InChI is InChI=1S/C13H12ClN3O3S/c1-7(10(18)8-3-5-9(14)6-4-8)21-13-15-11(19)12(20)16-17(13)2/h3-7H,1-2H3,(H,16,20). The van der Waals surface area contributed by atoms with Crippen molar-refractivity contribution in [2.24, 2.45) is 7.05 Å². The Balaban J connectivity index is 2.21. The van der Waals surface area contributed by atoms with E-state index in [2.05, 4.69) is 10.1 Å². The van der Waals surface area contributed by atoms with E-state index >= 15 is 0 Å². The highest BCUT2D eigenvalue weighted by Gasteiger charge is 2.19. The summed E-state index contributed by atoms with van der Waals surface area (Å²) in [6, 6.07) is 6.56. The summed E-state index contributed by atoms with van der Waals surface area (Å²) in [7, 11) is 1.55. The van der Waals surface area contributed by atoms with E-state index in [9.17, 15) is 14.4 Å². The van der Waals surface area contributed by atoms with E-state index < -0.39 is 16.4 Å². The second-order valence-corrected chi connectivity index (χ2v) is 6.08. The Morgan fingerprint density at radius 2 is 1.95 bits per heavy atom. The largest absolute Gasteiger partial charge is 0.339 e. The normalized spacial score (nSPS) is 12.1. The van der Waals surface area contributed by atoms with Crippen LogP contribution in [0, 0.1) is 0 Å². The molecule has 0 amide bonds. The molecule has 1 atom stereocenters. The summed E-state index contributed by atoms with van der Waals surface area (Å²) in [6.45, 7) is 1.71. The first kappa shape index (κ1) is 15.5. The average Bonchev–Trinajstić information content (AvgIpc) is 2.44. The van der Waals surface area contributed by atoms with Crippen molar-refractivity contribution in [3.63, 3.8) is 0 Å². The van der Waals surface area contributed by atoms with Crippen LogP contribution in [0.2, 0.25) is 5.02 Å². The first-order valence-corrected chi connectivity index (χ1v) is 7.28. The van der Waals surface area contributed by atoms with Crippen LogP contribution >= 0.6 is 23.4 Å². The number of rotatable bonds is 4. The first-order valence-electron chi connectivity index (χ1n) is 6.02. The number of aromatic nitrogens is 3. The summed E-state index contributed by atoms with van der Waals surface area (Å²) < 4.78 is 1.32. The molecular weight excluding hydrogens is 314 g/mol. The van der Waals surface area contributed by atoms with E-state index in [1.165, 1.54) is 4.68 Å². The lowest BCUT2D eigenvalue weighted by Crippen LogP contribution is -2.34. The molecule has 0 aliphatic rings. The molecule has 0 aliphatic heterocycles. The molecule has 2 rings (SSSR count). The van der Waals surface area contributed by atoms with E-state index in [4.69, 9.17) is 11.6 Å². The first-order chi connectivity index (χ1) is 9.88. The monoisotopic (exact) mass is 325 g/mol. The Morgan fingerprint density at radius 1 is 1.33 bits per heavy atom. The van der Waals surface area contributed by atoms with Gasteiger partial charge in [-0.05, 0) is 31.2 Å². The van der Waals surface area contributed by atoms with Crippen LogP contribution in [0.5, 0.6) is 0 Å². The minimum atomic E-state index is -0.873. The van der Waals surface area contributed by atoms with Crippen LogP contribution < -0.4 is 11.1 Å². The molecule has 2 aromatic rings. The van der Waals surface area contributed by atoms with Crippen LogP contribution in [0.15, 0.2) is 39.0 Å². The van der Waals surface area contributed by atoms with Gasteiger partial charge < -0.3 is 0 Å². The summed E-state index contributed by atoms with van der Waals surface area (Å²) in [6.07, 6.45) is 0. The molecule has 0 saturated heterocycles. The topological polar surface area (TPSA) is 84.8 Å². The quantitative estimate of drug-likeness (QED) is 0.523. The zero-order chi connectivity index (χ0) is 15.6. The van der Waals surface area contributed by atoms with Gasteiger partial charge in [0, 0.05) is 17.6 Å². The maximum absolute atomic E-state index is 12.3. The molecule has 0 bridgehead atoms. The molecule has 1 aromatic heterocycles. The molecule has 1 unspecified atom stereocenters. The maximum Gasteiger partial charge on any atom is 0.339 e. The number of carbonyl (C=O) groups is 1. The van der Waals surface area contributed by atoms with Gasteiger partial charge in [-0.25, -0.2) is 0 Å². The lowest BCUT2D eigenvalue weighted by atomic mass is 10.1. The molecule has 1 heterocycles. The number of halogens is 1. The van der Waals surface area contributed by atoms with Crippen LogP contribution in [0.3, 0.4) is 0 Å². The molecule has 0 aliphatic carbocycles. The minimum Gasteiger partial charge on any atom is -0.293 e. The fraction of sp³-hybridized carbons (Fsp3) is 0.231. The van der Waals surface area contributed by atoms with Gasteiger partial charge in [-0.1, -0.05) is 23.4 Å². The van der Waals surface area contributed by atoms with Crippen molar-refractivity contribution in [2.45, 2.75) is 17.3 Å². The van der Waals surface area contributed by atoms with Crippen LogP contribution in [0.25, 0.3) is 0 Å². The molecule has 0 fully saturated rings. The molecule has 0 spiro atoms. The van der Waals surface area contributed by atoms with Crippen molar-refractivity contribution in [1.29, 1.82) is 0 Å². The highest BCUT2D eigenvalue weighted by atomic mass is 35.5. The van der Waals surface area contributed by atoms with Crippen molar-refractivity contribution in [1.82, 2.24) is 14.8 Å². The van der Waals surface area contributed by atoms with Gasteiger partial charge in [0.15, 0.2) is 10.9 Å². The molecule has 0 radical (unpaired) electrons. The number of Topliss-reactive ketones (excluding diaryl/α,β-unsaturated/α-hetero) is 1. The van der Waals surface area contributed by atoms with E-state index in [1.807, 2.05) is 0 Å². The molecule has 110 valence electrons. The van der Waals surface area contributed by atoms with Gasteiger partial charge >= 0.3 is 11.1 Å². The zero-order valence-corrected chi connectivity index (χ0v) is 12.9. The van der Waals surface area contributed by atoms with E-state index in [0.29, 0.717) is 10.6 Å². The summed E-state index contributed by atoms with van der Waals surface area (Å²) >= 11 is 6.88. The number of benzene rings is 1. The van der Waals surface area contributed by atoms with Crippen molar-refractivity contribution >= 4 is 29.1 Å². The number of thioether (sulfide) groups is 1. The van der Waals surface area contributed by atoms with Crippen molar-refractivity contribution in [3.05, 3.63) is 55.6 Å². The predicted molar refractivity (Wildman–Crippen MR) is 81.2 cm³/mol. The Kier molecular flexibility index (Phi) is 4.64. The van der Waals surface area contributed by atoms with Gasteiger partial charge in [0.2, 0.25) is 0 Å². The molecule has 21 heavy (non-hydrogen) atoms. The maximum atomic E-state index is 12.3. The van der Waals surface area contributed by atoms with Crippen molar-refractivity contribution < 1.29 is 4.79 Å². The van der Waals surface area contributed by atoms with Crippen LogP contribution in [-0.2, 0) is 7.05 Å². The van der Waals surface area contributed by atoms with E-state index in [0.717, 1.165) is 11.8 Å². The Bertz CT molecular complexity index is 782. The van der Waals surface area contributed by atoms with Crippen LogP contribution in [0.1, 0.15) is 17.3 Å². The number of aromatic amines is 1. The van der Waals surface area contributed by atoms with Gasteiger partial charge in [0.1, 0.15) is 0 Å². The van der Waals surface area contributed by atoms with Gasteiger partial charge in [-0.15, -0.1) is 0 Å². The second kappa shape index (κ2) is 6.28. The third kappa shape index (κ3) is 3.62. The average molecular weight is 326 g/mol. The highest BCUT2D eigenvalue weighted by molar-refractivity contribution is 8.00. The number of H-pyrrole nitrogens is 1. The molecule has 1 N–H and O–H groups in total. The third-order valence-electron chi connectivity index (χ3n) is 2.73. The number of nitrogens with one attached hydrogen (secondary N) is 1. The van der Waals surface area contributed by atoms with Crippen molar-refractivity contribution in [2.75, 3.05) is 0 Å².